The molecule has 2 saturated heterocycles. The van der Waals surface area contributed by atoms with Crippen LogP contribution in [0, 0.1) is 5.92 Å². The van der Waals surface area contributed by atoms with E-state index in [4.69, 9.17) is 27.9 Å². The predicted octanol–water partition coefficient (Wildman–Crippen LogP) is 2.78. The number of methoxy groups -OCH3 is 1. The van der Waals surface area contributed by atoms with Crippen LogP contribution in [0.5, 0.6) is 0 Å². The van der Waals surface area contributed by atoms with Crippen LogP contribution in [0.2, 0.25) is 10.0 Å². The number of nitrogens with zero attached hydrogens (tertiary/aromatic N) is 2. The van der Waals surface area contributed by atoms with E-state index in [0.29, 0.717) is 32.4 Å². The lowest BCUT2D eigenvalue weighted by atomic mass is 9.80. The van der Waals surface area contributed by atoms with Crippen LogP contribution in [0.4, 0.5) is 0 Å². The Balaban J connectivity index is 2.13. The van der Waals surface area contributed by atoms with Gasteiger partial charge in [0.15, 0.2) is 0 Å². The first-order valence-electron chi connectivity index (χ1n) is 9.96. The Morgan fingerprint density at radius 1 is 1.20 bits per heavy atom. The molecule has 1 aromatic carbocycles. The van der Waals surface area contributed by atoms with E-state index in [1.165, 1.54) is 22.5 Å². The third-order valence-corrected chi connectivity index (χ3v) is 8.32. The molecule has 2 bridgehead atoms. The first-order chi connectivity index (χ1) is 14.0. The Hall–Kier alpha value is -0.900. The zero-order chi connectivity index (χ0) is 22.3. The molecule has 1 unspecified atom stereocenters. The summed E-state index contributed by atoms with van der Waals surface area (Å²) < 4.78 is 33.9. The number of hydrogen-bond donors (Lipinski definition) is 1. The van der Waals surface area contributed by atoms with E-state index in [2.05, 4.69) is 0 Å². The van der Waals surface area contributed by atoms with E-state index in [0.717, 1.165) is 0 Å². The average Bonchev–Trinajstić information content (AvgIpc) is 2.71. The Morgan fingerprint density at radius 2 is 1.83 bits per heavy atom. The third kappa shape index (κ3) is 4.64. The van der Waals surface area contributed by atoms with Gasteiger partial charge in [0.05, 0.1) is 17.1 Å². The third-order valence-electron chi connectivity index (χ3n) is 5.97. The summed E-state index contributed by atoms with van der Waals surface area (Å²) in [5.74, 6) is -0.728. The molecule has 0 radical (unpaired) electrons. The molecule has 0 saturated carbocycles. The predicted molar refractivity (Wildman–Crippen MR) is 115 cm³/mol. The van der Waals surface area contributed by atoms with Crippen LogP contribution in [0.1, 0.15) is 33.1 Å². The molecule has 0 spiro atoms. The maximum absolute atomic E-state index is 13.7. The second-order valence-electron chi connectivity index (χ2n) is 8.49. The van der Waals surface area contributed by atoms with Crippen molar-refractivity contribution in [3.63, 3.8) is 0 Å². The molecule has 2 fully saturated rings. The fourth-order valence-corrected chi connectivity index (χ4v) is 7.11. The van der Waals surface area contributed by atoms with Crippen molar-refractivity contribution in [3.8, 4) is 0 Å². The van der Waals surface area contributed by atoms with E-state index >= 15 is 0 Å². The van der Waals surface area contributed by atoms with E-state index in [1.54, 1.807) is 25.9 Å². The number of carbonyl (C=O) groups is 1. The van der Waals surface area contributed by atoms with Crippen LogP contribution >= 0.6 is 23.2 Å². The quantitative estimate of drug-likeness (QED) is 0.678. The lowest BCUT2D eigenvalue weighted by Crippen LogP contribution is -2.57. The maximum Gasteiger partial charge on any atom is 0.244 e. The van der Waals surface area contributed by atoms with Crippen molar-refractivity contribution in [1.82, 2.24) is 9.21 Å². The van der Waals surface area contributed by atoms with Crippen molar-refractivity contribution in [2.24, 2.45) is 5.92 Å². The van der Waals surface area contributed by atoms with Gasteiger partial charge in [0.25, 0.3) is 0 Å². The molecule has 0 aromatic heterocycles. The summed E-state index contributed by atoms with van der Waals surface area (Å²) in [5, 5.41) is 11.3. The van der Waals surface area contributed by atoms with Gasteiger partial charge in [-0.1, -0.05) is 23.2 Å². The summed E-state index contributed by atoms with van der Waals surface area (Å²) in [6.07, 6.45) is 1.68. The van der Waals surface area contributed by atoms with Gasteiger partial charge in [-0.25, -0.2) is 8.42 Å². The molecule has 1 amide bonds. The number of rotatable bonds is 6. The lowest BCUT2D eigenvalue weighted by Gasteiger charge is -2.43. The molecule has 0 aliphatic carbocycles. The van der Waals surface area contributed by atoms with Gasteiger partial charge in [-0.15, -0.1) is 0 Å². The van der Waals surface area contributed by atoms with E-state index in [-0.39, 0.29) is 27.4 Å². The van der Waals surface area contributed by atoms with Gasteiger partial charge < -0.3 is 14.7 Å². The molecule has 2 aliphatic heterocycles. The Labute approximate surface area is 187 Å². The second kappa shape index (κ2) is 8.92. The molecule has 7 nitrogen and oxygen atoms in total. The molecule has 1 aromatic rings. The molecule has 3 rings (SSSR count). The van der Waals surface area contributed by atoms with Crippen molar-refractivity contribution >= 4 is 39.1 Å². The molecule has 168 valence electrons. The van der Waals surface area contributed by atoms with E-state index < -0.39 is 33.6 Å². The van der Waals surface area contributed by atoms with Crippen molar-refractivity contribution in [3.05, 3.63) is 28.2 Å². The van der Waals surface area contributed by atoms with Gasteiger partial charge in [-0.05, 0) is 51.3 Å². The van der Waals surface area contributed by atoms with Gasteiger partial charge >= 0.3 is 0 Å². The number of hydrogen-bond acceptors (Lipinski definition) is 5. The summed E-state index contributed by atoms with van der Waals surface area (Å²) in [4.78, 5) is 15.0. The minimum Gasteiger partial charge on any atom is -0.390 e. The Morgan fingerprint density at radius 3 is 2.40 bits per heavy atom. The first kappa shape index (κ1) is 23.8. The largest absolute Gasteiger partial charge is 0.390 e. The number of piperidine rings is 1. The van der Waals surface area contributed by atoms with E-state index in [1.807, 2.05) is 0 Å². The zero-order valence-electron chi connectivity index (χ0n) is 17.3. The van der Waals surface area contributed by atoms with Gasteiger partial charge in [0.2, 0.25) is 15.9 Å². The minimum atomic E-state index is -4.09. The molecular formula is C20H28Cl2N2O5S. The van der Waals surface area contributed by atoms with Crippen LogP contribution in [0.15, 0.2) is 23.1 Å². The van der Waals surface area contributed by atoms with Crippen molar-refractivity contribution in [1.29, 1.82) is 0 Å². The number of benzene rings is 1. The fourth-order valence-electron chi connectivity index (χ4n) is 4.52. The first-order valence-corrected chi connectivity index (χ1v) is 12.2. The number of halogens is 2. The standard InChI is InChI=1S/C20H28Cl2N2O5S/c1-20(2,26)16-12-23(7-8-29-3)19(25)18-6-4-5-17(16)24(18)30(27,28)15-10-13(21)9-14(22)11-15/h9-11,16-18,26H,4-8,12H2,1-3H3/t16-,17-,18?/m0/s1. The molecular weight excluding hydrogens is 451 g/mol. The number of amides is 1. The molecule has 1 N–H and O–H groups in total. The molecule has 30 heavy (non-hydrogen) atoms. The van der Waals surface area contributed by atoms with Crippen molar-refractivity contribution in [2.75, 3.05) is 26.8 Å². The number of carbonyl (C=O) groups excluding carboxylic acids is 1. The van der Waals surface area contributed by atoms with Gasteiger partial charge in [-0.3, -0.25) is 4.79 Å². The molecule has 3 atom stereocenters. The topological polar surface area (TPSA) is 87.2 Å². The van der Waals surface area contributed by atoms with Crippen LogP contribution in [0.25, 0.3) is 0 Å². The van der Waals surface area contributed by atoms with Gasteiger partial charge in [-0.2, -0.15) is 4.31 Å². The summed E-state index contributed by atoms with van der Waals surface area (Å²) in [5.41, 5.74) is -1.19. The van der Waals surface area contributed by atoms with Crippen LogP contribution in [0.3, 0.4) is 0 Å². The monoisotopic (exact) mass is 478 g/mol. The highest BCUT2D eigenvalue weighted by molar-refractivity contribution is 7.89. The SMILES string of the molecule is COCCN1C[C@H](C(C)(C)O)[C@@H]2CCCC(C1=O)N2S(=O)(=O)c1cc(Cl)cc(Cl)c1. The minimum absolute atomic E-state index is 0.0514. The summed E-state index contributed by atoms with van der Waals surface area (Å²) in [7, 11) is -2.54. The van der Waals surface area contributed by atoms with Crippen LogP contribution < -0.4 is 0 Å². The zero-order valence-corrected chi connectivity index (χ0v) is 19.7. The molecule has 2 heterocycles. The maximum atomic E-state index is 13.7. The Bertz CT molecular complexity index is 883. The number of ether oxygens (including phenoxy) is 1. The highest BCUT2D eigenvalue weighted by atomic mass is 35.5. The number of sulfonamides is 1. The lowest BCUT2D eigenvalue weighted by molar-refractivity contribution is -0.135. The Kier molecular flexibility index (Phi) is 7.06. The summed E-state index contributed by atoms with van der Waals surface area (Å²) in [6, 6.07) is 2.78. The highest BCUT2D eigenvalue weighted by Crippen LogP contribution is 2.41. The molecule has 10 heteroatoms. The molecule has 2 aliphatic rings. The van der Waals surface area contributed by atoms with E-state index in [9.17, 15) is 18.3 Å². The number of fused-ring (bicyclic) bond motifs is 2. The average molecular weight is 479 g/mol. The van der Waals surface area contributed by atoms with Gasteiger partial charge in [0.1, 0.15) is 6.04 Å². The highest BCUT2D eigenvalue weighted by Gasteiger charge is 2.53. The normalized spacial score (nSPS) is 26.0. The van der Waals surface area contributed by atoms with Gasteiger partial charge in [0, 0.05) is 42.2 Å². The van der Waals surface area contributed by atoms with Crippen LogP contribution in [-0.2, 0) is 19.6 Å². The summed E-state index contributed by atoms with van der Waals surface area (Å²) in [6.45, 7) is 4.24. The number of aliphatic hydroxyl groups is 1. The second-order valence-corrected chi connectivity index (χ2v) is 11.2. The van der Waals surface area contributed by atoms with Crippen LogP contribution in [-0.4, -0.2) is 73.1 Å². The van der Waals surface area contributed by atoms with Crippen molar-refractivity contribution < 1.29 is 23.1 Å². The fraction of sp³-hybridized carbons (Fsp3) is 0.650. The van der Waals surface area contributed by atoms with Crippen molar-refractivity contribution in [2.45, 2.75) is 55.7 Å². The smallest absolute Gasteiger partial charge is 0.244 e. The summed E-state index contributed by atoms with van der Waals surface area (Å²) >= 11 is 12.1.